The topological polar surface area (TPSA) is 117 Å². The highest BCUT2D eigenvalue weighted by Crippen LogP contribution is 2.34. The van der Waals surface area contributed by atoms with Crippen LogP contribution < -0.4 is 15.5 Å². The van der Waals surface area contributed by atoms with Gasteiger partial charge >= 0.3 is 6.09 Å². The summed E-state index contributed by atoms with van der Waals surface area (Å²) in [4.78, 5) is 29.8. The molecular weight excluding hydrogens is 465 g/mol. The average molecular weight is 496 g/mol. The Morgan fingerprint density at radius 3 is 2.44 bits per heavy atom. The average Bonchev–Trinajstić information content (AvgIpc) is 3.04. The van der Waals surface area contributed by atoms with Crippen molar-refractivity contribution >= 4 is 12.0 Å². The van der Waals surface area contributed by atoms with Gasteiger partial charge in [-0.15, -0.1) is 0 Å². The number of hydrazine groups is 1. The van der Waals surface area contributed by atoms with Gasteiger partial charge in [0.05, 0.1) is 18.4 Å². The maximum atomic E-state index is 14.2. The van der Waals surface area contributed by atoms with E-state index in [0.717, 1.165) is 12.8 Å². The lowest BCUT2D eigenvalue weighted by molar-refractivity contribution is 0.0325. The summed E-state index contributed by atoms with van der Waals surface area (Å²) in [6.45, 7) is 5.47. The maximum Gasteiger partial charge on any atom is 0.407 e. The van der Waals surface area contributed by atoms with Crippen molar-refractivity contribution in [3.63, 3.8) is 0 Å². The number of fused-ring (bicyclic) bond motifs is 2. The number of nitrogens with one attached hydrogen (secondary N) is 2. The number of nitrogens with zero attached hydrogens (tertiary/aromatic N) is 3. The molecule has 2 aromatic rings. The molecule has 2 aliphatic rings. The summed E-state index contributed by atoms with van der Waals surface area (Å²) >= 11 is 0. The highest BCUT2D eigenvalue weighted by atomic mass is 19.1. The number of pyridine rings is 1. The zero-order valence-corrected chi connectivity index (χ0v) is 20.8. The first kappa shape index (κ1) is 25.4. The van der Waals surface area contributed by atoms with Gasteiger partial charge in [-0.3, -0.25) is 10.2 Å². The lowest BCUT2D eigenvalue weighted by atomic mass is 9.99. The standard InChI is InChI=1S/C26H30FN5O4/c1-26(2,3)36-25(34)29-17-10-18-7-8-19(11-17)32(18)31-24(33)23-13-20(35-4)12-22(30-23)15-5-6-16(14-28)21(27)9-15/h5-6,9,12-13,17-19H,7-8,10-11H2,1-4H3,(H,29,34)(H,31,33). The number of hydrogen-bond donors (Lipinski definition) is 2. The first-order valence-corrected chi connectivity index (χ1v) is 11.9. The molecule has 3 heterocycles. The molecule has 0 aliphatic carbocycles. The predicted octanol–water partition coefficient (Wildman–Crippen LogP) is 3.93. The number of halogens is 1. The van der Waals surface area contributed by atoms with Crippen molar-refractivity contribution < 1.29 is 23.5 Å². The van der Waals surface area contributed by atoms with Gasteiger partial charge in [0, 0.05) is 35.8 Å². The van der Waals surface area contributed by atoms with Gasteiger partial charge in [-0.2, -0.15) is 5.26 Å². The van der Waals surface area contributed by atoms with E-state index in [1.165, 1.54) is 25.3 Å². The third-order valence-electron chi connectivity index (χ3n) is 6.34. The first-order chi connectivity index (χ1) is 17.1. The Hall–Kier alpha value is -3.71. The van der Waals surface area contributed by atoms with Crippen molar-refractivity contribution in [1.29, 1.82) is 5.26 Å². The third-order valence-corrected chi connectivity index (χ3v) is 6.34. The number of ether oxygens (including phenoxy) is 2. The van der Waals surface area contributed by atoms with E-state index in [-0.39, 0.29) is 29.4 Å². The number of rotatable bonds is 5. The second kappa shape index (κ2) is 10.1. The van der Waals surface area contributed by atoms with Crippen molar-refractivity contribution in [2.24, 2.45) is 0 Å². The fourth-order valence-corrected chi connectivity index (χ4v) is 4.78. The highest BCUT2D eigenvalue weighted by Gasteiger charge is 2.42. The van der Waals surface area contributed by atoms with Crippen molar-refractivity contribution in [1.82, 2.24) is 20.7 Å². The van der Waals surface area contributed by atoms with Crippen molar-refractivity contribution in [3.8, 4) is 23.1 Å². The summed E-state index contributed by atoms with van der Waals surface area (Å²) in [7, 11) is 1.48. The molecule has 10 heteroatoms. The van der Waals surface area contributed by atoms with Crippen LogP contribution in [0.4, 0.5) is 9.18 Å². The van der Waals surface area contributed by atoms with E-state index < -0.39 is 23.4 Å². The molecule has 0 saturated carbocycles. The minimum Gasteiger partial charge on any atom is -0.497 e. The molecule has 0 spiro atoms. The van der Waals surface area contributed by atoms with Gasteiger partial charge in [0.15, 0.2) is 0 Å². The van der Waals surface area contributed by atoms with Crippen LogP contribution in [-0.2, 0) is 4.74 Å². The van der Waals surface area contributed by atoms with Crippen LogP contribution in [0.25, 0.3) is 11.3 Å². The zero-order valence-electron chi connectivity index (χ0n) is 20.8. The minimum atomic E-state index is -0.662. The fourth-order valence-electron chi connectivity index (χ4n) is 4.78. The number of piperidine rings is 1. The molecule has 9 nitrogen and oxygen atoms in total. The first-order valence-electron chi connectivity index (χ1n) is 11.9. The van der Waals surface area contributed by atoms with E-state index in [1.807, 2.05) is 25.8 Å². The van der Waals surface area contributed by atoms with Crippen LogP contribution in [0.5, 0.6) is 5.75 Å². The van der Waals surface area contributed by atoms with Gasteiger partial charge in [0.25, 0.3) is 5.91 Å². The fraction of sp³-hybridized carbons (Fsp3) is 0.462. The van der Waals surface area contributed by atoms with Gasteiger partial charge < -0.3 is 14.8 Å². The van der Waals surface area contributed by atoms with E-state index in [9.17, 15) is 14.0 Å². The van der Waals surface area contributed by atoms with E-state index in [4.69, 9.17) is 14.7 Å². The maximum absolute atomic E-state index is 14.2. The van der Waals surface area contributed by atoms with Crippen LogP contribution in [0.15, 0.2) is 30.3 Å². The van der Waals surface area contributed by atoms with Gasteiger partial charge in [0.2, 0.25) is 0 Å². The highest BCUT2D eigenvalue weighted by molar-refractivity contribution is 5.93. The van der Waals surface area contributed by atoms with Crippen molar-refractivity contribution in [3.05, 3.63) is 47.4 Å². The molecule has 2 N–H and O–H groups in total. The van der Waals surface area contributed by atoms with Gasteiger partial charge in [-0.1, -0.05) is 6.07 Å². The zero-order chi connectivity index (χ0) is 26.0. The summed E-state index contributed by atoms with van der Waals surface area (Å²) in [5.74, 6) is -0.664. The second-order valence-corrected chi connectivity index (χ2v) is 10.1. The number of methoxy groups -OCH3 is 1. The Bertz CT molecular complexity index is 1190. The van der Waals surface area contributed by atoms with Crippen molar-refractivity contribution in [2.75, 3.05) is 7.11 Å². The summed E-state index contributed by atoms with van der Waals surface area (Å²) in [6, 6.07) is 9.20. The number of alkyl carbamates (subject to hydrolysis) is 1. The van der Waals surface area contributed by atoms with E-state index in [1.54, 1.807) is 18.2 Å². The van der Waals surface area contributed by atoms with Crippen LogP contribution in [0, 0.1) is 17.1 Å². The Morgan fingerprint density at radius 1 is 1.17 bits per heavy atom. The smallest absolute Gasteiger partial charge is 0.407 e. The lowest BCUT2D eigenvalue weighted by Gasteiger charge is -2.39. The Labute approximate surface area is 209 Å². The summed E-state index contributed by atoms with van der Waals surface area (Å²) in [5, 5.41) is 13.9. The van der Waals surface area contributed by atoms with E-state index >= 15 is 0 Å². The molecule has 4 rings (SSSR count). The number of carbonyl (C=O) groups is 2. The normalized spacial score (nSPS) is 21.4. The lowest BCUT2D eigenvalue weighted by Crippen LogP contribution is -2.57. The molecule has 2 amide bonds. The minimum absolute atomic E-state index is 0.0293. The number of aromatic nitrogens is 1. The van der Waals surface area contributed by atoms with Gasteiger partial charge in [-0.25, -0.2) is 19.2 Å². The summed E-state index contributed by atoms with van der Waals surface area (Å²) in [5.41, 5.74) is 3.25. The van der Waals surface area contributed by atoms with Crippen LogP contribution in [0.2, 0.25) is 0 Å². The summed E-state index contributed by atoms with van der Waals surface area (Å²) < 4.78 is 24.9. The van der Waals surface area contributed by atoms with Crippen molar-refractivity contribution in [2.45, 2.75) is 70.2 Å². The molecule has 0 radical (unpaired) electrons. The molecule has 1 aromatic carbocycles. The largest absolute Gasteiger partial charge is 0.497 e. The number of amides is 2. The Morgan fingerprint density at radius 2 is 1.86 bits per heavy atom. The molecule has 2 fully saturated rings. The van der Waals surface area contributed by atoms with Crippen LogP contribution in [-0.4, -0.2) is 52.8 Å². The molecule has 2 unspecified atom stereocenters. The molecule has 2 saturated heterocycles. The SMILES string of the molecule is COc1cc(C(=O)NN2C3CCC2CC(NC(=O)OC(C)(C)C)C3)nc(-c2ccc(C#N)c(F)c2)c1. The number of carbonyl (C=O) groups excluding carboxylic acids is 2. The van der Waals surface area contributed by atoms with Gasteiger partial charge in [0.1, 0.15) is 28.9 Å². The Balaban J connectivity index is 1.46. The molecule has 2 bridgehead atoms. The number of hydrogen-bond acceptors (Lipinski definition) is 7. The second-order valence-electron chi connectivity index (χ2n) is 10.1. The molecule has 1 aromatic heterocycles. The Kier molecular flexibility index (Phi) is 7.13. The van der Waals surface area contributed by atoms with E-state index in [2.05, 4.69) is 15.7 Å². The monoisotopic (exact) mass is 495 g/mol. The quantitative estimate of drug-likeness (QED) is 0.645. The number of benzene rings is 1. The van der Waals surface area contributed by atoms with E-state index in [0.29, 0.717) is 29.8 Å². The van der Waals surface area contributed by atoms with Crippen LogP contribution in [0.3, 0.4) is 0 Å². The molecular formula is C26H30FN5O4. The molecule has 36 heavy (non-hydrogen) atoms. The van der Waals surface area contributed by atoms with Crippen LogP contribution in [0.1, 0.15) is 62.5 Å². The molecule has 2 atom stereocenters. The molecule has 190 valence electrons. The van der Waals surface area contributed by atoms with Crippen LogP contribution >= 0.6 is 0 Å². The number of nitriles is 1. The molecule has 2 aliphatic heterocycles. The van der Waals surface area contributed by atoms with Gasteiger partial charge in [-0.05, 0) is 58.6 Å². The third kappa shape index (κ3) is 5.74. The summed E-state index contributed by atoms with van der Waals surface area (Å²) in [6.07, 6.45) is 2.75. The predicted molar refractivity (Wildman–Crippen MR) is 129 cm³/mol.